The minimum atomic E-state index is -0.452. The van der Waals surface area contributed by atoms with Crippen molar-refractivity contribution < 1.29 is 4.79 Å². The number of aromatic amines is 1. The van der Waals surface area contributed by atoms with Gasteiger partial charge in [0.15, 0.2) is 5.78 Å². The Balaban J connectivity index is 2.40. The van der Waals surface area contributed by atoms with Gasteiger partial charge in [-0.3, -0.25) is 9.59 Å². The zero-order valence-electron chi connectivity index (χ0n) is 14.1. The minimum absolute atomic E-state index is 0.00288. The molecule has 0 spiro atoms. The van der Waals surface area contributed by atoms with E-state index < -0.39 is 5.41 Å². The maximum absolute atomic E-state index is 12.0. The first-order valence-electron chi connectivity index (χ1n) is 7.41. The third-order valence-electron chi connectivity index (χ3n) is 3.39. The number of hydrogen-bond acceptors (Lipinski definition) is 4. The van der Waals surface area contributed by atoms with Crippen LogP contribution in [-0.4, -0.2) is 24.9 Å². The number of nitrogens with zero attached hydrogens (tertiary/aromatic N) is 1. The fraction of sp³-hybridized carbons (Fsp3) is 0.333. The molecule has 0 unspecified atom stereocenters. The van der Waals surface area contributed by atoms with Crippen LogP contribution in [-0.2, 0) is 4.79 Å². The van der Waals surface area contributed by atoms with Gasteiger partial charge in [0.2, 0.25) is 0 Å². The zero-order valence-corrected chi connectivity index (χ0v) is 15.0. The second-order valence-electron chi connectivity index (χ2n) is 6.67. The quantitative estimate of drug-likeness (QED) is 0.932. The van der Waals surface area contributed by atoms with Gasteiger partial charge in [0.05, 0.1) is 9.20 Å². The van der Waals surface area contributed by atoms with E-state index in [1.165, 1.54) is 17.4 Å². The summed E-state index contributed by atoms with van der Waals surface area (Å²) in [5.74, 6) is -0.00288. The Morgan fingerprint density at radius 1 is 1.17 bits per heavy atom. The van der Waals surface area contributed by atoms with Crippen LogP contribution in [0.25, 0.3) is 12.2 Å². The number of carbonyl (C=O) groups excluding carboxylic acids is 1. The molecule has 2 aromatic rings. The summed E-state index contributed by atoms with van der Waals surface area (Å²) >= 11 is 1.30. The molecule has 122 valence electrons. The first-order chi connectivity index (χ1) is 10.7. The molecular formula is C18H22N2O2S. The molecule has 0 radical (unpaired) electrons. The van der Waals surface area contributed by atoms with Crippen LogP contribution in [0.5, 0.6) is 0 Å². The summed E-state index contributed by atoms with van der Waals surface area (Å²) in [7, 11) is 3.97. The van der Waals surface area contributed by atoms with Gasteiger partial charge in [-0.1, -0.05) is 32.9 Å². The lowest BCUT2D eigenvalue weighted by Gasteiger charge is -2.12. The average Bonchev–Trinajstić information content (AvgIpc) is 2.78. The zero-order chi connectivity index (χ0) is 17.2. The number of nitrogens with one attached hydrogen (secondary N) is 1. The van der Waals surface area contributed by atoms with E-state index in [1.807, 2.05) is 70.1 Å². The van der Waals surface area contributed by atoms with E-state index in [0.29, 0.717) is 9.20 Å². The van der Waals surface area contributed by atoms with Crippen molar-refractivity contribution in [1.29, 1.82) is 0 Å². The summed E-state index contributed by atoms with van der Waals surface area (Å²) in [6, 6.07) is 7.95. The molecule has 0 atom stereocenters. The number of Topliss-reactive ketones (excluding diaryl/α,β-unsaturated/α-hetero) is 1. The van der Waals surface area contributed by atoms with Crippen LogP contribution in [0.4, 0.5) is 5.69 Å². The topological polar surface area (TPSA) is 53.2 Å². The van der Waals surface area contributed by atoms with Gasteiger partial charge in [0.25, 0.3) is 5.56 Å². The molecule has 0 aliphatic heterocycles. The Kier molecular flexibility index (Phi) is 4.90. The van der Waals surface area contributed by atoms with E-state index in [0.717, 1.165) is 11.3 Å². The van der Waals surface area contributed by atoms with E-state index in [1.54, 1.807) is 0 Å². The number of ketones is 1. The highest BCUT2D eigenvalue weighted by atomic mass is 32.1. The van der Waals surface area contributed by atoms with E-state index in [-0.39, 0.29) is 11.3 Å². The second kappa shape index (κ2) is 6.54. The molecule has 0 amide bonds. The van der Waals surface area contributed by atoms with Crippen LogP contribution in [0, 0.1) is 5.41 Å². The predicted molar refractivity (Wildman–Crippen MR) is 97.5 cm³/mol. The first kappa shape index (κ1) is 17.2. The normalized spacial score (nSPS) is 13.4. The highest BCUT2D eigenvalue weighted by Gasteiger charge is 2.18. The molecule has 4 nitrogen and oxygen atoms in total. The highest BCUT2D eigenvalue weighted by Crippen LogP contribution is 2.15. The molecule has 1 aromatic heterocycles. The molecule has 2 rings (SSSR count). The van der Waals surface area contributed by atoms with Crippen molar-refractivity contribution in [3.63, 3.8) is 0 Å². The summed E-state index contributed by atoms with van der Waals surface area (Å²) in [5, 5.41) is 0. The highest BCUT2D eigenvalue weighted by molar-refractivity contribution is 7.07. The number of benzene rings is 1. The molecule has 23 heavy (non-hydrogen) atoms. The smallest absolute Gasteiger partial charge is 0.266 e. The molecule has 1 N–H and O–H groups in total. The van der Waals surface area contributed by atoms with Gasteiger partial charge in [-0.05, 0) is 23.8 Å². The van der Waals surface area contributed by atoms with Crippen LogP contribution in [0.3, 0.4) is 0 Å². The molecular weight excluding hydrogens is 308 g/mol. The van der Waals surface area contributed by atoms with E-state index in [9.17, 15) is 9.59 Å². The van der Waals surface area contributed by atoms with Crippen LogP contribution in [0.2, 0.25) is 0 Å². The predicted octanol–water partition coefficient (Wildman–Crippen LogP) is 1.73. The third kappa shape index (κ3) is 4.42. The van der Waals surface area contributed by atoms with Crippen LogP contribution < -0.4 is 19.7 Å². The lowest BCUT2D eigenvalue weighted by Crippen LogP contribution is -2.22. The molecule has 0 aliphatic carbocycles. The molecule has 5 heteroatoms. The number of anilines is 1. The van der Waals surface area contributed by atoms with Gasteiger partial charge in [0, 0.05) is 31.3 Å². The van der Waals surface area contributed by atoms with Crippen molar-refractivity contribution in [2.45, 2.75) is 20.8 Å². The Bertz CT molecular complexity index is 865. The maximum atomic E-state index is 12.0. The Morgan fingerprint density at radius 3 is 2.30 bits per heavy atom. The van der Waals surface area contributed by atoms with Crippen molar-refractivity contribution >= 4 is 35.0 Å². The minimum Gasteiger partial charge on any atom is -0.378 e. The van der Waals surface area contributed by atoms with Gasteiger partial charge in [-0.2, -0.15) is 0 Å². The lowest BCUT2D eigenvalue weighted by atomic mass is 9.91. The van der Waals surface area contributed by atoms with Gasteiger partial charge in [0.1, 0.15) is 0 Å². The molecule has 0 aliphatic rings. The standard InChI is InChI=1S/C18H22N2O2S/c1-18(2,3)15(21)11-16-19-17(22)14(23-16)10-12-6-8-13(9-7-12)20(4)5/h6-11H,1-5H3,(H,19,22)/b14-10+,16-11+. The summed E-state index contributed by atoms with van der Waals surface area (Å²) in [5.41, 5.74) is 1.44. The van der Waals surface area contributed by atoms with Crippen molar-refractivity contribution in [3.05, 3.63) is 49.4 Å². The van der Waals surface area contributed by atoms with E-state index in [2.05, 4.69) is 4.98 Å². The maximum Gasteiger partial charge on any atom is 0.266 e. The van der Waals surface area contributed by atoms with Crippen LogP contribution in [0.15, 0.2) is 29.1 Å². The van der Waals surface area contributed by atoms with Crippen molar-refractivity contribution in [2.75, 3.05) is 19.0 Å². The second-order valence-corrected chi connectivity index (χ2v) is 7.76. The number of hydrogen-bond donors (Lipinski definition) is 1. The van der Waals surface area contributed by atoms with Crippen molar-refractivity contribution in [2.24, 2.45) is 5.41 Å². The molecule has 1 aromatic carbocycles. The summed E-state index contributed by atoms with van der Waals surface area (Å²) in [6.45, 7) is 5.57. The number of thiazole rings is 1. The van der Waals surface area contributed by atoms with E-state index >= 15 is 0 Å². The lowest BCUT2D eigenvalue weighted by molar-refractivity contribution is -0.119. The molecule has 0 fully saturated rings. The summed E-state index contributed by atoms with van der Waals surface area (Å²) in [6.07, 6.45) is 3.35. The van der Waals surface area contributed by atoms with Crippen LogP contribution >= 0.6 is 11.3 Å². The molecule has 0 bridgehead atoms. The first-order valence-corrected chi connectivity index (χ1v) is 8.23. The van der Waals surface area contributed by atoms with Gasteiger partial charge >= 0.3 is 0 Å². The number of aromatic nitrogens is 1. The summed E-state index contributed by atoms with van der Waals surface area (Å²) < 4.78 is 1.18. The molecule has 0 saturated heterocycles. The van der Waals surface area contributed by atoms with Gasteiger partial charge in [-0.15, -0.1) is 11.3 Å². The average molecular weight is 330 g/mol. The van der Waals surface area contributed by atoms with Crippen LogP contribution in [0.1, 0.15) is 26.3 Å². The molecule has 0 saturated carbocycles. The Hall–Kier alpha value is -2.14. The number of rotatable bonds is 3. The third-order valence-corrected chi connectivity index (χ3v) is 4.35. The van der Waals surface area contributed by atoms with Gasteiger partial charge in [-0.25, -0.2) is 0 Å². The monoisotopic (exact) mass is 330 g/mol. The summed E-state index contributed by atoms with van der Waals surface area (Å²) in [4.78, 5) is 28.8. The Labute approximate surface area is 139 Å². The fourth-order valence-corrected chi connectivity index (χ4v) is 2.77. The van der Waals surface area contributed by atoms with E-state index in [4.69, 9.17) is 0 Å². The largest absolute Gasteiger partial charge is 0.378 e. The Morgan fingerprint density at radius 2 is 1.78 bits per heavy atom. The number of carbonyl (C=O) groups is 1. The van der Waals surface area contributed by atoms with Crippen molar-refractivity contribution in [1.82, 2.24) is 4.98 Å². The number of H-pyrrole nitrogens is 1. The van der Waals surface area contributed by atoms with Crippen molar-refractivity contribution in [3.8, 4) is 0 Å². The fourth-order valence-electron chi connectivity index (χ4n) is 1.88. The molecule has 1 heterocycles. The SMILES string of the molecule is CN(C)c1ccc(/C=c2/s/c(=C/C(=O)C(C)(C)C)[nH]c2=O)cc1. The van der Waals surface area contributed by atoms with Gasteiger partial charge < -0.3 is 9.88 Å².